The summed E-state index contributed by atoms with van der Waals surface area (Å²) in [6.07, 6.45) is -1.14. The highest BCUT2D eigenvalue weighted by atomic mass is 19.1. The van der Waals surface area contributed by atoms with Crippen molar-refractivity contribution in [3.05, 3.63) is 64.5 Å². The first-order valence-corrected chi connectivity index (χ1v) is 12.3. The van der Waals surface area contributed by atoms with E-state index in [1.165, 1.54) is 4.90 Å². The summed E-state index contributed by atoms with van der Waals surface area (Å²) in [6.45, 7) is 0.535. The minimum absolute atomic E-state index is 0.00510. The number of piperidine rings is 1. The van der Waals surface area contributed by atoms with Crippen molar-refractivity contribution in [2.24, 2.45) is 0 Å². The topological polar surface area (TPSA) is 230 Å². The first-order valence-electron chi connectivity index (χ1n) is 12.3. The summed E-state index contributed by atoms with van der Waals surface area (Å²) in [6, 6.07) is 5.58. The Bertz CT molecular complexity index is 1420. The van der Waals surface area contributed by atoms with Crippen molar-refractivity contribution in [3.63, 3.8) is 0 Å². The van der Waals surface area contributed by atoms with Crippen LogP contribution < -0.4 is 10.1 Å². The molecule has 0 spiro atoms. The third-order valence-corrected chi connectivity index (χ3v) is 7.20. The summed E-state index contributed by atoms with van der Waals surface area (Å²) < 4.78 is 25.2. The van der Waals surface area contributed by atoms with Gasteiger partial charge in [-0.15, -0.1) is 0 Å². The van der Waals surface area contributed by atoms with Crippen LogP contribution in [0.5, 0.6) is 5.75 Å². The van der Waals surface area contributed by atoms with Gasteiger partial charge in [-0.1, -0.05) is 6.07 Å². The second-order valence-electron chi connectivity index (χ2n) is 9.79. The molecule has 3 amide bonds. The molecule has 2 saturated heterocycles. The van der Waals surface area contributed by atoms with Crippen LogP contribution in [0.25, 0.3) is 0 Å². The van der Waals surface area contributed by atoms with Gasteiger partial charge in [-0.3, -0.25) is 19.7 Å². The Balaban J connectivity index is 1.51. The van der Waals surface area contributed by atoms with Crippen LogP contribution in [0.2, 0.25) is 0 Å². The van der Waals surface area contributed by atoms with E-state index >= 15 is 0 Å². The first-order chi connectivity index (χ1) is 19.1. The molecule has 3 aliphatic rings. The SMILES string of the molecule is O=C1CCC(O)(N2C(=O)c3cccc(OC(O)(O)c4cc(C(O)(O)N5CCOCC5)ccc4F)c3C2(O)O)C(=O)N1. The fourth-order valence-corrected chi connectivity index (χ4v) is 5.09. The molecule has 0 bridgehead atoms. The van der Waals surface area contributed by atoms with Crippen molar-refractivity contribution in [1.82, 2.24) is 15.1 Å². The number of fused-ring (bicyclic) bond motifs is 1. The molecule has 5 rings (SSSR count). The number of hydrogen-bond donors (Lipinski definition) is 8. The molecule has 8 N–H and O–H groups in total. The molecular weight excluding hydrogens is 553 g/mol. The highest BCUT2D eigenvalue weighted by Gasteiger charge is 2.62. The number of aliphatic hydroxyl groups is 7. The lowest BCUT2D eigenvalue weighted by molar-refractivity contribution is -0.316. The van der Waals surface area contributed by atoms with E-state index in [1.54, 1.807) is 5.32 Å². The van der Waals surface area contributed by atoms with Gasteiger partial charge in [-0.05, 0) is 30.3 Å². The molecule has 0 saturated carbocycles. The molecular formula is C25H26FN3O12. The molecule has 2 fully saturated rings. The number of rotatable bonds is 6. The van der Waals surface area contributed by atoms with Gasteiger partial charge >= 0.3 is 5.97 Å². The smallest absolute Gasteiger partial charge is 0.354 e. The van der Waals surface area contributed by atoms with Crippen LogP contribution >= 0.6 is 0 Å². The van der Waals surface area contributed by atoms with Gasteiger partial charge in [0.1, 0.15) is 11.6 Å². The van der Waals surface area contributed by atoms with Crippen LogP contribution in [0.4, 0.5) is 4.39 Å². The number of carbonyl (C=O) groups is 3. The third-order valence-electron chi connectivity index (χ3n) is 7.20. The molecule has 3 heterocycles. The van der Waals surface area contributed by atoms with Crippen LogP contribution in [0.15, 0.2) is 36.4 Å². The number of imide groups is 1. The van der Waals surface area contributed by atoms with E-state index in [0.29, 0.717) is 6.07 Å². The van der Waals surface area contributed by atoms with Crippen LogP contribution in [0.1, 0.15) is 39.9 Å². The Morgan fingerprint density at radius 1 is 1.00 bits per heavy atom. The van der Waals surface area contributed by atoms with Crippen LogP contribution in [0, 0.1) is 5.82 Å². The predicted octanol–water partition coefficient (Wildman–Crippen LogP) is -2.90. The summed E-state index contributed by atoms with van der Waals surface area (Å²) >= 11 is 0. The number of ether oxygens (including phenoxy) is 2. The van der Waals surface area contributed by atoms with Gasteiger partial charge in [0.2, 0.25) is 11.6 Å². The van der Waals surface area contributed by atoms with E-state index < -0.39 is 82.3 Å². The fraction of sp³-hybridized carbons (Fsp3) is 0.400. The fourth-order valence-electron chi connectivity index (χ4n) is 5.09. The Morgan fingerprint density at radius 2 is 1.68 bits per heavy atom. The number of nitrogens with zero attached hydrogens (tertiary/aromatic N) is 2. The molecule has 1 atom stereocenters. The summed E-state index contributed by atoms with van der Waals surface area (Å²) in [4.78, 5) is 38.4. The number of carbonyl (C=O) groups excluding carboxylic acids is 3. The van der Waals surface area contributed by atoms with Crippen molar-refractivity contribution >= 4 is 17.7 Å². The maximum Gasteiger partial charge on any atom is 0.354 e. The Hall–Kier alpha value is -3.58. The highest BCUT2D eigenvalue weighted by Crippen LogP contribution is 2.46. The Labute approximate surface area is 230 Å². The van der Waals surface area contributed by atoms with E-state index in [-0.39, 0.29) is 36.8 Å². The van der Waals surface area contributed by atoms with Crippen LogP contribution in [0.3, 0.4) is 0 Å². The second kappa shape index (κ2) is 9.76. The van der Waals surface area contributed by atoms with Crippen molar-refractivity contribution < 1.29 is 64.0 Å². The maximum absolute atomic E-state index is 14.9. The van der Waals surface area contributed by atoms with E-state index in [4.69, 9.17) is 9.47 Å². The van der Waals surface area contributed by atoms with Gasteiger partial charge in [-0.2, -0.15) is 0 Å². The summed E-state index contributed by atoms with van der Waals surface area (Å²) in [7, 11) is 0. The van der Waals surface area contributed by atoms with Gasteiger partial charge in [0, 0.05) is 31.5 Å². The summed E-state index contributed by atoms with van der Waals surface area (Å²) in [5.41, 5.74) is -5.65. The molecule has 15 nitrogen and oxygen atoms in total. The summed E-state index contributed by atoms with van der Waals surface area (Å²) in [5, 5.41) is 77.9. The molecule has 3 aliphatic heterocycles. The lowest BCUT2D eigenvalue weighted by atomic mass is 9.99. The minimum atomic E-state index is -3.60. The minimum Gasteiger partial charge on any atom is -0.435 e. The van der Waals surface area contributed by atoms with Crippen LogP contribution in [-0.2, 0) is 32.1 Å². The summed E-state index contributed by atoms with van der Waals surface area (Å²) in [5.74, 6) is -15.3. The molecule has 41 heavy (non-hydrogen) atoms. The molecule has 1 unspecified atom stereocenters. The molecule has 16 heteroatoms. The van der Waals surface area contributed by atoms with Gasteiger partial charge in [0.05, 0.1) is 29.9 Å². The molecule has 0 radical (unpaired) electrons. The zero-order chi connectivity index (χ0) is 30.0. The van der Waals surface area contributed by atoms with Crippen LogP contribution in [-0.4, -0.2) is 95.3 Å². The quantitative estimate of drug-likeness (QED) is 0.127. The number of nitrogens with one attached hydrogen (secondary N) is 1. The molecule has 220 valence electrons. The van der Waals surface area contributed by atoms with Crippen molar-refractivity contribution in [2.45, 2.75) is 36.4 Å². The van der Waals surface area contributed by atoms with E-state index in [0.717, 1.165) is 30.3 Å². The Kier molecular flexibility index (Phi) is 6.89. The van der Waals surface area contributed by atoms with Crippen molar-refractivity contribution in [2.75, 3.05) is 26.3 Å². The largest absolute Gasteiger partial charge is 0.435 e. The Morgan fingerprint density at radius 3 is 2.34 bits per heavy atom. The average molecular weight is 579 g/mol. The lowest BCUT2D eigenvalue weighted by Gasteiger charge is -2.42. The lowest BCUT2D eigenvalue weighted by Crippen LogP contribution is -2.67. The number of halogens is 1. The monoisotopic (exact) mass is 579 g/mol. The molecule has 0 aromatic heterocycles. The zero-order valence-electron chi connectivity index (χ0n) is 21.2. The van der Waals surface area contributed by atoms with Gasteiger partial charge in [-0.25, -0.2) is 14.2 Å². The molecule has 0 aliphatic carbocycles. The maximum atomic E-state index is 14.9. The van der Waals surface area contributed by atoms with E-state index in [9.17, 15) is 54.5 Å². The predicted molar refractivity (Wildman–Crippen MR) is 128 cm³/mol. The van der Waals surface area contributed by atoms with Gasteiger partial charge < -0.3 is 45.2 Å². The number of benzene rings is 2. The third kappa shape index (κ3) is 4.64. The second-order valence-corrected chi connectivity index (χ2v) is 9.79. The zero-order valence-corrected chi connectivity index (χ0v) is 21.2. The van der Waals surface area contributed by atoms with Gasteiger partial charge in [0.25, 0.3) is 23.6 Å². The molecule has 2 aromatic carbocycles. The van der Waals surface area contributed by atoms with E-state index in [2.05, 4.69) is 0 Å². The van der Waals surface area contributed by atoms with E-state index in [1.807, 2.05) is 0 Å². The van der Waals surface area contributed by atoms with Crippen molar-refractivity contribution in [3.8, 4) is 5.75 Å². The van der Waals surface area contributed by atoms with Crippen molar-refractivity contribution in [1.29, 1.82) is 0 Å². The first kappa shape index (κ1) is 28.9. The molecule has 2 aromatic rings. The van der Waals surface area contributed by atoms with Gasteiger partial charge in [0.15, 0.2) is 0 Å². The average Bonchev–Trinajstić information content (AvgIpc) is 3.12. The number of morpholine rings is 1. The standard InChI is InChI=1S/C25H26FN3O12/c26-16-5-4-13(23(34,35)28-8-10-40-11-9-28)12-15(16)25(38,39)41-17-3-1-2-14-19(17)24(36,37)29(20(14)31)22(33)7-6-18(30)27-21(22)32/h1-5,12,33-39H,6-11H2,(H,27,30,32). The highest BCUT2D eigenvalue weighted by molar-refractivity contribution is 6.07. The number of amides is 3. The normalized spacial score (nSPS) is 23.4. The number of hydrogen-bond acceptors (Lipinski definition) is 13.